The van der Waals surface area contributed by atoms with Crippen LogP contribution in [0.25, 0.3) is 0 Å². The van der Waals surface area contributed by atoms with Gasteiger partial charge in [0.1, 0.15) is 0 Å². The van der Waals surface area contributed by atoms with Crippen molar-refractivity contribution in [1.29, 1.82) is 0 Å². The normalized spacial score (nSPS) is 17.5. The molecule has 3 aromatic rings. The first-order valence-corrected chi connectivity index (χ1v) is 12.8. The molecule has 2 aliphatic rings. The maximum absolute atomic E-state index is 14.0. The second-order valence-electron chi connectivity index (χ2n) is 8.31. The Kier molecular flexibility index (Phi) is 5.38. The molecule has 5 rings (SSSR count). The standard InChI is InChI=1S/C27H26NO2P/c29-26-20-25(27(30)28(26)21-12-10-11-13-21)31(22-14-4-1-5-15-22,23-16-6-2-7-17-23)24-18-8-3-9-19-24/h1-9,14-19,21H,10-13,20H2. The van der Waals surface area contributed by atoms with Crippen molar-refractivity contribution in [2.45, 2.75) is 38.1 Å². The molecule has 1 heterocycles. The van der Waals surface area contributed by atoms with Crippen LogP contribution in [0.5, 0.6) is 0 Å². The van der Waals surface area contributed by atoms with Crippen molar-refractivity contribution in [1.82, 2.24) is 4.90 Å². The molecule has 0 aromatic heterocycles. The highest BCUT2D eigenvalue weighted by molar-refractivity contribution is 7.96. The van der Waals surface area contributed by atoms with Crippen LogP contribution < -0.4 is 15.9 Å². The molecular weight excluding hydrogens is 401 g/mol. The summed E-state index contributed by atoms with van der Waals surface area (Å²) in [7, 11) is 0. The molecule has 2 amide bonds. The first kappa shape index (κ1) is 20.0. The Morgan fingerprint density at radius 1 is 0.645 bits per heavy atom. The van der Waals surface area contributed by atoms with Crippen LogP contribution in [0.3, 0.4) is 0 Å². The fourth-order valence-corrected chi connectivity index (χ4v) is 9.67. The van der Waals surface area contributed by atoms with Gasteiger partial charge < -0.3 is 0 Å². The van der Waals surface area contributed by atoms with Crippen molar-refractivity contribution >= 4 is 39.9 Å². The predicted octanol–water partition coefficient (Wildman–Crippen LogP) is 3.85. The van der Waals surface area contributed by atoms with Crippen LogP contribution in [0.1, 0.15) is 32.1 Å². The van der Waals surface area contributed by atoms with Crippen LogP contribution >= 0.6 is 6.89 Å². The maximum Gasteiger partial charge on any atom is 0.258 e. The van der Waals surface area contributed by atoms with Gasteiger partial charge in [-0.15, -0.1) is 0 Å². The lowest BCUT2D eigenvalue weighted by atomic mass is 10.2. The van der Waals surface area contributed by atoms with Crippen molar-refractivity contribution < 1.29 is 9.59 Å². The quantitative estimate of drug-likeness (QED) is 0.469. The molecule has 0 bridgehead atoms. The first-order valence-electron chi connectivity index (χ1n) is 11.0. The highest BCUT2D eigenvalue weighted by atomic mass is 31.2. The largest absolute Gasteiger partial charge is 0.275 e. The third-order valence-electron chi connectivity index (χ3n) is 6.58. The zero-order valence-electron chi connectivity index (χ0n) is 17.5. The Labute approximate surface area is 183 Å². The number of rotatable bonds is 4. The molecule has 3 nitrogen and oxygen atoms in total. The van der Waals surface area contributed by atoms with Crippen LogP contribution in [0, 0.1) is 0 Å². The van der Waals surface area contributed by atoms with Crippen LogP contribution in [0.15, 0.2) is 91.0 Å². The summed E-state index contributed by atoms with van der Waals surface area (Å²) in [5.74, 6) is -0.0825. The highest BCUT2D eigenvalue weighted by Gasteiger charge is 2.45. The summed E-state index contributed by atoms with van der Waals surface area (Å²) in [4.78, 5) is 28.8. The van der Waals surface area contributed by atoms with E-state index < -0.39 is 6.89 Å². The minimum Gasteiger partial charge on any atom is -0.275 e. The van der Waals surface area contributed by atoms with Gasteiger partial charge in [-0.05, 0) is 35.6 Å². The van der Waals surface area contributed by atoms with E-state index in [0.717, 1.165) is 46.9 Å². The molecule has 4 heteroatoms. The Bertz CT molecular complexity index is 1050. The summed E-state index contributed by atoms with van der Waals surface area (Å²) in [6.45, 7) is -2.47. The fourth-order valence-electron chi connectivity index (χ4n) is 5.22. The SMILES string of the molecule is O=C1CC(=P(c2ccccc2)(c2ccccc2)c2ccccc2)C(=O)N1C1CCCC1. The number of hydrogen-bond donors (Lipinski definition) is 0. The number of amides is 2. The van der Waals surface area contributed by atoms with Crippen LogP contribution in [-0.4, -0.2) is 28.0 Å². The molecule has 0 atom stereocenters. The van der Waals surface area contributed by atoms with Crippen LogP contribution in [0.4, 0.5) is 0 Å². The van der Waals surface area contributed by atoms with E-state index in [9.17, 15) is 9.59 Å². The molecule has 156 valence electrons. The number of likely N-dealkylation sites (tertiary alicyclic amines) is 1. The fraction of sp³-hybridized carbons (Fsp3) is 0.222. The third-order valence-corrected chi connectivity index (χ3v) is 11.0. The van der Waals surface area contributed by atoms with Gasteiger partial charge in [-0.2, -0.15) is 0 Å². The third kappa shape index (κ3) is 3.28. The smallest absolute Gasteiger partial charge is 0.258 e. The molecule has 2 fully saturated rings. The van der Waals surface area contributed by atoms with Crippen molar-refractivity contribution in [3.05, 3.63) is 91.0 Å². The zero-order valence-corrected chi connectivity index (χ0v) is 18.4. The molecule has 1 saturated heterocycles. The molecular formula is C27H26NO2P. The van der Waals surface area contributed by atoms with Gasteiger partial charge in [0.2, 0.25) is 5.91 Å². The summed E-state index contributed by atoms with van der Waals surface area (Å²) in [5.41, 5.74) is 0. The van der Waals surface area contributed by atoms with Gasteiger partial charge >= 0.3 is 0 Å². The van der Waals surface area contributed by atoms with Crippen molar-refractivity contribution in [3.8, 4) is 0 Å². The molecule has 31 heavy (non-hydrogen) atoms. The average molecular weight is 427 g/mol. The molecule has 1 saturated carbocycles. The minimum atomic E-state index is -2.47. The van der Waals surface area contributed by atoms with E-state index >= 15 is 0 Å². The van der Waals surface area contributed by atoms with Gasteiger partial charge in [0.05, 0.1) is 6.42 Å². The topological polar surface area (TPSA) is 37.4 Å². The van der Waals surface area contributed by atoms with Gasteiger partial charge in [0, 0.05) is 11.3 Å². The minimum absolute atomic E-state index is 0.0286. The number of carbonyl (C=O) groups excluding carboxylic acids is 2. The van der Waals surface area contributed by atoms with Crippen LogP contribution in [-0.2, 0) is 9.59 Å². The number of hydrogen-bond acceptors (Lipinski definition) is 2. The molecule has 0 unspecified atom stereocenters. The number of carbonyl (C=O) groups is 2. The van der Waals surface area contributed by atoms with Crippen molar-refractivity contribution in [2.24, 2.45) is 0 Å². The molecule has 1 aliphatic carbocycles. The number of imide groups is 1. The summed E-state index contributed by atoms with van der Waals surface area (Å²) < 4.78 is 0. The first-order chi connectivity index (χ1) is 15.2. The van der Waals surface area contributed by atoms with E-state index in [2.05, 4.69) is 36.4 Å². The van der Waals surface area contributed by atoms with E-state index in [4.69, 9.17) is 0 Å². The van der Waals surface area contributed by atoms with Gasteiger partial charge in [-0.3, -0.25) is 14.5 Å². The molecule has 0 N–H and O–H groups in total. The van der Waals surface area contributed by atoms with E-state index in [1.165, 1.54) is 0 Å². The monoisotopic (exact) mass is 427 g/mol. The second-order valence-corrected chi connectivity index (χ2v) is 11.7. The Hall–Kier alpha value is -2.90. The van der Waals surface area contributed by atoms with Gasteiger partial charge in [-0.1, -0.05) is 104 Å². The van der Waals surface area contributed by atoms with Crippen molar-refractivity contribution in [2.75, 3.05) is 0 Å². The van der Waals surface area contributed by atoms with E-state index in [-0.39, 0.29) is 24.3 Å². The summed E-state index contributed by atoms with van der Waals surface area (Å²) in [6.07, 6.45) is 4.25. The summed E-state index contributed by atoms with van der Waals surface area (Å²) >= 11 is 0. The Morgan fingerprint density at radius 3 is 1.48 bits per heavy atom. The summed E-state index contributed by atoms with van der Waals surface area (Å²) in [5, 5.41) is 4.14. The van der Waals surface area contributed by atoms with Gasteiger partial charge in [0.15, 0.2) is 0 Å². The van der Waals surface area contributed by atoms with E-state index in [1.807, 2.05) is 54.6 Å². The van der Waals surface area contributed by atoms with E-state index in [1.54, 1.807) is 4.90 Å². The molecule has 0 radical (unpaired) electrons. The Balaban J connectivity index is 1.87. The number of benzene rings is 3. The van der Waals surface area contributed by atoms with Gasteiger partial charge in [0.25, 0.3) is 5.91 Å². The lowest BCUT2D eigenvalue weighted by molar-refractivity contribution is -0.139. The zero-order chi connectivity index (χ0) is 21.3. The Morgan fingerprint density at radius 2 is 1.06 bits per heavy atom. The highest BCUT2D eigenvalue weighted by Crippen LogP contribution is 2.49. The van der Waals surface area contributed by atoms with E-state index in [0.29, 0.717) is 0 Å². The molecule has 1 aliphatic heterocycles. The number of nitrogens with zero attached hydrogens (tertiary/aromatic N) is 1. The summed E-state index contributed by atoms with van der Waals surface area (Å²) in [6, 6.07) is 31.0. The molecule has 3 aromatic carbocycles. The van der Waals surface area contributed by atoms with Crippen LogP contribution in [0.2, 0.25) is 0 Å². The van der Waals surface area contributed by atoms with Gasteiger partial charge in [-0.25, -0.2) is 0 Å². The van der Waals surface area contributed by atoms with Crippen molar-refractivity contribution in [3.63, 3.8) is 0 Å². The predicted molar refractivity (Wildman–Crippen MR) is 129 cm³/mol. The second kappa shape index (κ2) is 8.32. The maximum atomic E-state index is 14.0. The lowest BCUT2D eigenvalue weighted by Gasteiger charge is -2.31. The average Bonchev–Trinajstić information content (AvgIpc) is 3.45. The lowest BCUT2D eigenvalue weighted by Crippen LogP contribution is -2.40. The molecule has 0 spiro atoms.